The van der Waals surface area contributed by atoms with Crippen LogP contribution in [0.2, 0.25) is 0 Å². The molecule has 2 aromatic rings. The fraction of sp³-hybridized carbons (Fsp3) is 0.143. The topological polar surface area (TPSA) is 56.3 Å². The molecular weight excluding hydrogens is 249 g/mol. The van der Waals surface area contributed by atoms with Gasteiger partial charge in [0.05, 0.1) is 11.0 Å². The Bertz CT molecular complexity index is 614. The number of allylic oxidation sites excluding steroid dienone is 1. The van der Waals surface area contributed by atoms with Crippen LogP contribution in [-0.2, 0) is 0 Å². The number of nitrogens with zero attached hydrogens (tertiary/aromatic N) is 1. The summed E-state index contributed by atoms with van der Waals surface area (Å²) in [5, 5.41) is 10.7. The predicted octanol–water partition coefficient (Wildman–Crippen LogP) is 4.11. The molecule has 1 aromatic heterocycles. The van der Waals surface area contributed by atoms with Crippen LogP contribution in [0.4, 0.5) is 4.39 Å². The normalized spacial score (nSPS) is 11.6. The second-order valence-electron chi connectivity index (χ2n) is 3.96. The molecule has 19 heavy (non-hydrogen) atoms. The molecule has 0 saturated heterocycles. The summed E-state index contributed by atoms with van der Waals surface area (Å²) in [4.78, 5) is 10.3. The van der Waals surface area contributed by atoms with Gasteiger partial charge in [-0.1, -0.05) is 6.92 Å². The molecular formula is C14H12FNO3. The Morgan fingerprint density at radius 1 is 1.32 bits per heavy atom. The van der Waals surface area contributed by atoms with Crippen LogP contribution in [0.1, 0.15) is 19.1 Å². The van der Waals surface area contributed by atoms with Crippen molar-refractivity contribution in [1.82, 2.24) is 0 Å². The van der Waals surface area contributed by atoms with Crippen LogP contribution >= 0.6 is 0 Å². The summed E-state index contributed by atoms with van der Waals surface area (Å²) in [7, 11) is 0. The molecule has 5 heteroatoms. The van der Waals surface area contributed by atoms with E-state index in [0.717, 1.165) is 5.56 Å². The van der Waals surface area contributed by atoms with Crippen molar-refractivity contribution in [3.63, 3.8) is 0 Å². The van der Waals surface area contributed by atoms with Gasteiger partial charge in [-0.25, -0.2) is 4.39 Å². The highest BCUT2D eigenvalue weighted by Gasteiger charge is 2.10. The van der Waals surface area contributed by atoms with E-state index in [4.69, 9.17) is 4.42 Å². The van der Waals surface area contributed by atoms with Gasteiger partial charge in [0, 0.05) is 12.0 Å². The van der Waals surface area contributed by atoms with Gasteiger partial charge in [-0.2, -0.15) is 0 Å². The first-order chi connectivity index (χ1) is 9.10. The molecule has 0 radical (unpaired) electrons. The average Bonchev–Trinajstić information content (AvgIpc) is 2.85. The maximum atomic E-state index is 12.8. The van der Waals surface area contributed by atoms with E-state index in [0.29, 0.717) is 17.9 Å². The highest BCUT2D eigenvalue weighted by Crippen LogP contribution is 2.24. The van der Waals surface area contributed by atoms with Crippen LogP contribution in [0.5, 0.6) is 0 Å². The Hall–Kier alpha value is -2.43. The van der Waals surface area contributed by atoms with E-state index < -0.39 is 4.92 Å². The predicted molar refractivity (Wildman–Crippen MR) is 69.4 cm³/mol. The number of benzene rings is 1. The van der Waals surface area contributed by atoms with Crippen LogP contribution in [0.25, 0.3) is 17.4 Å². The third-order valence-electron chi connectivity index (χ3n) is 2.66. The summed E-state index contributed by atoms with van der Waals surface area (Å²) in [5.74, 6) is 0.634. The zero-order chi connectivity index (χ0) is 13.8. The van der Waals surface area contributed by atoms with Crippen molar-refractivity contribution in [3.8, 4) is 11.3 Å². The Morgan fingerprint density at radius 2 is 2.00 bits per heavy atom. The minimum Gasteiger partial charge on any atom is -0.456 e. The number of furan rings is 1. The Morgan fingerprint density at radius 3 is 2.58 bits per heavy atom. The highest BCUT2D eigenvalue weighted by molar-refractivity contribution is 5.59. The van der Waals surface area contributed by atoms with Gasteiger partial charge in [0.15, 0.2) is 0 Å². The van der Waals surface area contributed by atoms with E-state index in [1.165, 1.54) is 18.2 Å². The number of nitro groups is 1. The van der Waals surface area contributed by atoms with Crippen LogP contribution in [0.15, 0.2) is 46.5 Å². The molecule has 0 unspecified atom stereocenters. The lowest BCUT2D eigenvalue weighted by atomic mass is 10.2. The van der Waals surface area contributed by atoms with Crippen molar-refractivity contribution >= 4 is 6.08 Å². The van der Waals surface area contributed by atoms with Gasteiger partial charge in [-0.05, 0) is 36.4 Å². The minimum atomic E-state index is -0.430. The fourth-order valence-electron chi connectivity index (χ4n) is 1.65. The van der Waals surface area contributed by atoms with Gasteiger partial charge in [0.25, 0.3) is 0 Å². The number of halogens is 1. The van der Waals surface area contributed by atoms with Crippen molar-refractivity contribution in [1.29, 1.82) is 0 Å². The van der Waals surface area contributed by atoms with E-state index in [2.05, 4.69) is 0 Å². The molecule has 1 heterocycles. The molecule has 0 aliphatic carbocycles. The van der Waals surface area contributed by atoms with Crippen molar-refractivity contribution in [3.05, 3.63) is 63.8 Å². The third kappa shape index (κ3) is 3.07. The van der Waals surface area contributed by atoms with Crippen molar-refractivity contribution < 1.29 is 13.7 Å². The third-order valence-corrected chi connectivity index (χ3v) is 2.66. The van der Waals surface area contributed by atoms with Crippen molar-refractivity contribution in [2.75, 3.05) is 0 Å². The molecule has 0 saturated carbocycles. The molecule has 0 aliphatic heterocycles. The largest absolute Gasteiger partial charge is 0.456 e. The first-order valence-electron chi connectivity index (χ1n) is 5.81. The van der Waals surface area contributed by atoms with E-state index in [1.807, 2.05) is 0 Å². The molecule has 0 spiro atoms. The van der Waals surface area contributed by atoms with Gasteiger partial charge in [-0.3, -0.25) is 10.1 Å². The quantitative estimate of drug-likeness (QED) is 0.614. The molecule has 0 bridgehead atoms. The molecule has 0 aliphatic rings. The van der Waals surface area contributed by atoms with Crippen molar-refractivity contribution in [2.45, 2.75) is 13.3 Å². The SMILES string of the molecule is CC/C(=C\c1ccc(-c2ccc(F)cc2)o1)[N+](=O)[O-]. The maximum Gasteiger partial charge on any atom is 0.249 e. The standard InChI is InChI=1S/C14H12FNO3/c1-2-12(16(17)18)9-13-7-8-14(19-13)10-3-5-11(15)6-4-10/h3-9H,2H2,1H3/b12-9+. The summed E-state index contributed by atoms with van der Waals surface area (Å²) >= 11 is 0. The monoisotopic (exact) mass is 261 g/mol. The summed E-state index contributed by atoms with van der Waals surface area (Å²) < 4.78 is 18.3. The average molecular weight is 261 g/mol. The maximum absolute atomic E-state index is 12.8. The summed E-state index contributed by atoms with van der Waals surface area (Å²) in [5.41, 5.74) is 0.806. The molecule has 1 aromatic carbocycles. The van der Waals surface area contributed by atoms with E-state index in [-0.39, 0.29) is 11.5 Å². The second kappa shape index (κ2) is 5.48. The fourth-order valence-corrected chi connectivity index (χ4v) is 1.65. The van der Waals surface area contributed by atoms with Crippen LogP contribution in [-0.4, -0.2) is 4.92 Å². The van der Waals surface area contributed by atoms with Gasteiger partial charge >= 0.3 is 0 Å². The first-order valence-corrected chi connectivity index (χ1v) is 5.81. The second-order valence-corrected chi connectivity index (χ2v) is 3.96. The Kier molecular flexibility index (Phi) is 3.75. The highest BCUT2D eigenvalue weighted by atomic mass is 19.1. The number of rotatable bonds is 4. The number of hydrogen-bond acceptors (Lipinski definition) is 3. The lowest BCUT2D eigenvalue weighted by Gasteiger charge is -1.96. The zero-order valence-electron chi connectivity index (χ0n) is 10.3. The summed E-state index contributed by atoms with van der Waals surface area (Å²) in [6, 6.07) is 9.21. The first kappa shape index (κ1) is 13.0. The van der Waals surface area contributed by atoms with Gasteiger partial charge in [-0.15, -0.1) is 0 Å². The summed E-state index contributed by atoms with van der Waals surface area (Å²) in [6.07, 6.45) is 1.71. The van der Waals surface area contributed by atoms with Crippen LogP contribution in [0.3, 0.4) is 0 Å². The van der Waals surface area contributed by atoms with E-state index in [9.17, 15) is 14.5 Å². The Balaban J connectivity index is 2.29. The smallest absolute Gasteiger partial charge is 0.249 e. The number of hydrogen-bond donors (Lipinski definition) is 0. The van der Waals surface area contributed by atoms with Crippen molar-refractivity contribution in [2.24, 2.45) is 0 Å². The molecule has 2 rings (SSSR count). The molecule has 0 atom stereocenters. The lowest BCUT2D eigenvalue weighted by Crippen LogP contribution is -1.95. The van der Waals surface area contributed by atoms with Gasteiger partial charge in [0.1, 0.15) is 17.3 Å². The van der Waals surface area contributed by atoms with Gasteiger partial charge in [0.2, 0.25) is 5.70 Å². The van der Waals surface area contributed by atoms with E-state index >= 15 is 0 Å². The Labute approximate surface area is 109 Å². The summed E-state index contributed by atoms with van der Waals surface area (Å²) in [6.45, 7) is 1.71. The van der Waals surface area contributed by atoms with Crippen LogP contribution in [0, 0.1) is 15.9 Å². The van der Waals surface area contributed by atoms with E-state index in [1.54, 1.807) is 31.2 Å². The molecule has 0 amide bonds. The minimum absolute atomic E-state index is 0.0833. The molecule has 98 valence electrons. The molecule has 4 nitrogen and oxygen atoms in total. The zero-order valence-corrected chi connectivity index (χ0v) is 10.3. The van der Waals surface area contributed by atoms with Gasteiger partial charge < -0.3 is 4.42 Å². The van der Waals surface area contributed by atoms with Crippen LogP contribution < -0.4 is 0 Å². The molecule has 0 fully saturated rings. The lowest BCUT2D eigenvalue weighted by molar-refractivity contribution is -0.425. The molecule has 0 N–H and O–H groups in total.